The highest BCUT2D eigenvalue weighted by Crippen LogP contribution is 2.29. The lowest BCUT2D eigenvalue weighted by Crippen LogP contribution is -2.55. The molecule has 3 aromatic rings. The average molecular weight is 803 g/mol. The van der Waals surface area contributed by atoms with Crippen LogP contribution in [-0.4, -0.2) is 120 Å². The number of ether oxygens (including phenoxy) is 3. The monoisotopic (exact) mass is 802 g/mol. The van der Waals surface area contributed by atoms with Crippen molar-refractivity contribution in [3.05, 3.63) is 90.5 Å². The zero-order chi connectivity index (χ0) is 42.2. The van der Waals surface area contributed by atoms with Crippen LogP contribution in [0.2, 0.25) is 0 Å². The maximum Gasteiger partial charge on any atom is 0.410 e. The topological polar surface area (TPSA) is 201 Å². The van der Waals surface area contributed by atoms with Crippen LogP contribution in [0.5, 0.6) is 5.75 Å². The van der Waals surface area contributed by atoms with Gasteiger partial charge < -0.3 is 40.0 Å². The molecule has 0 radical (unpaired) electrons. The van der Waals surface area contributed by atoms with Gasteiger partial charge in [0.05, 0.1) is 30.7 Å². The van der Waals surface area contributed by atoms with E-state index in [4.69, 9.17) is 14.2 Å². The van der Waals surface area contributed by atoms with E-state index in [-0.39, 0.29) is 49.6 Å². The lowest BCUT2D eigenvalue weighted by atomic mass is 10.0. The molecule has 4 N–H and O–H groups in total. The SMILES string of the molecule is C=CCOC(=O)N(C)[C@@H](CC(C)C)C(=O)N(CC(=O)N[C@@H](COc1ccc2ccccc2c1C(=O)N[C@@H](CC(=O)O)C(=O)O)Cc1ccccc1)C[C@H]1CCCCO1. The molecule has 15 heteroatoms. The number of fused-ring (bicyclic) bond motifs is 1. The Morgan fingerprint density at radius 2 is 1.69 bits per heavy atom. The van der Waals surface area contributed by atoms with E-state index >= 15 is 0 Å². The van der Waals surface area contributed by atoms with Gasteiger partial charge in [-0.05, 0) is 60.4 Å². The van der Waals surface area contributed by atoms with Crippen LogP contribution in [0, 0.1) is 5.92 Å². The van der Waals surface area contributed by atoms with E-state index in [0.717, 1.165) is 18.4 Å². The molecule has 1 heterocycles. The van der Waals surface area contributed by atoms with Crippen LogP contribution >= 0.6 is 0 Å². The van der Waals surface area contributed by atoms with Gasteiger partial charge in [-0.25, -0.2) is 9.59 Å². The quantitative estimate of drug-likeness (QED) is 0.109. The Labute approximate surface area is 338 Å². The molecular formula is C43H54N4O11. The summed E-state index contributed by atoms with van der Waals surface area (Å²) in [5, 5.41) is 25.3. The Bertz CT molecular complexity index is 1900. The first-order chi connectivity index (χ1) is 27.8. The van der Waals surface area contributed by atoms with Crippen LogP contribution in [0.1, 0.15) is 61.9 Å². The highest BCUT2D eigenvalue weighted by atomic mass is 16.6. The molecule has 0 aromatic heterocycles. The molecular weight excluding hydrogens is 748 g/mol. The Balaban J connectivity index is 1.62. The van der Waals surface area contributed by atoms with Crippen LogP contribution in [0.3, 0.4) is 0 Å². The van der Waals surface area contributed by atoms with Crippen molar-refractivity contribution >= 4 is 46.5 Å². The molecule has 58 heavy (non-hydrogen) atoms. The van der Waals surface area contributed by atoms with E-state index in [2.05, 4.69) is 17.2 Å². The fourth-order valence-electron chi connectivity index (χ4n) is 6.77. The second kappa shape index (κ2) is 22.1. The summed E-state index contributed by atoms with van der Waals surface area (Å²) >= 11 is 0. The number of hydrogen-bond donors (Lipinski definition) is 4. The molecule has 4 atom stereocenters. The minimum absolute atomic E-state index is 0.00397. The number of hydrogen-bond acceptors (Lipinski definition) is 9. The predicted octanol–water partition coefficient (Wildman–Crippen LogP) is 4.67. The maximum absolute atomic E-state index is 14.4. The second-order valence-electron chi connectivity index (χ2n) is 14.7. The third kappa shape index (κ3) is 13.3. The number of nitrogens with one attached hydrogen (secondary N) is 2. The molecule has 0 saturated carbocycles. The molecule has 1 aliphatic rings. The van der Waals surface area contributed by atoms with E-state index in [1.54, 1.807) is 36.4 Å². The number of likely N-dealkylation sites (N-methyl/N-ethyl adjacent to an activating group) is 1. The Morgan fingerprint density at radius 3 is 2.34 bits per heavy atom. The number of carbonyl (C=O) groups excluding carboxylic acids is 4. The summed E-state index contributed by atoms with van der Waals surface area (Å²) in [6.45, 7) is 7.58. The standard InChI is InChI=1S/C43H54N4O11/c1-5-20-57-43(55)46(4)35(22-28(2)3)41(52)47(25-32-16-11-12-21-56-32)26-37(48)44-31(23-29-13-7-6-8-14-29)27-58-36-19-18-30-15-9-10-17-33(30)39(36)40(51)45-34(42(53)54)24-38(49)50/h5-10,13-15,17-19,28,31-32,34-35H,1,11-12,16,20-27H2,2-4H3,(H,44,48)(H,45,51)(H,49,50)(H,53,54)/t31-,32-,34+,35+/m1/s1. The van der Waals surface area contributed by atoms with Crippen LogP contribution in [0.4, 0.5) is 4.79 Å². The van der Waals surface area contributed by atoms with Gasteiger partial charge in [-0.3, -0.25) is 24.1 Å². The Kier molecular flexibility index (Phi) is 17.1. The fraction of sp³-hybridized carbons (Fsp3) is 0.442. The molecule has 4 amide bonds. The number of amides is 4. The number of aliphatic carboxylic acids is 2. The molecule has 1 aliphatic heterocycles. The number of nitrogens with zero attached hydrogens (tertiary/aromatic N) is 2. The smallest absolute Gasteiger partial charge is 0.410 e. The van der Waals surface area contributed by atoms with E-state index < -0.39 is 60.3 Å². The molecule has 1 fully saturated rings. The lowest BCUT2D eigenvalue weighted by Gasteiger charge is -2.35. The van der Waals surface area contributed by atoms with Crippen LogP contribution in [0.25, 0.3) is 10.8 Å². The maximum atomic E-state index is 14.4. The third-order valence-electron chi connectivity index (χ3n) is 9.63. The van der Waals surface area contributed by atoms with Gasteiger partial charge in [0.2, 0.25) is 11.8 Å². The largest absolute Gasteiger partial charge is 0.491 e. The van der Waals surface area contributed by atoms with E-state index in [9.17, 15) is 39.0 Å². The molecule has 0 spiro atoms. The average Bonchev–Trinajstić information content (AvgIpc) is 3.20. The first-order valence-corrected chi connectivity index (χ1v) is 19.4. The van der Waals surface area contributed by atoms with E-state index in [0.29, 0.717) is 36.6 Å². The molecule has 15 nitrogen and oxygen atoms in total. The minimum atomic E-state index is -1.70. The van der Waals surface area contributed by atoms with Gasteiger partial charge in [0.15, 0.2) is 0 Å². The minimum Gasteiger partial charge on any atom is -0.491 e. The zero-order valence-electron chi connectivity index (χ0n) is 33.3. The van der Waals surface area contributed by atoms with Crippen molar-refractivity contribution in [2.45, 2.75) is 76.6 Å². The normalized spacial score (nSPS) is 15.3. The van der Waals surface area contributed by atoms with E-state index in [1.165, 1.54) is 22.9 Å². The first kappa shape index (κ1) is 44.8. The van der Waals surface area contributed by atoms with Gasteiger partial charge in [0.25, 0.3) is 5.91 Å². The Hall–Kier alpha value is -5.96. The first-order valence-electron chi connectivity index (χ1n) is 19.4. The van der Waals surface area contributed by atoms with Gasteiger partial charge in [-0.15, -0.1) is 0 Å². The highest BCUT2D eigenvalue weighted by molar-refractivity contribution is 6.10. The van der Waals surface area contributed by atoms with Gasteiger partial charge in [-0.1, -0.05) is 87.2 Å². The summed E-state index contributed by atoms with van der Waals surface area (Å²) < 4.78 is 17.5. The number of rotatable bonds is 21. The van der Waals surface area contributed by atoms with Crippen molar-refractivity contribution in [2.75, 3.05) is 40.0 Å². The van der Waals surface area contributed by atoms with Crippen molar-refractivity contribution in [3.8, 4) is 5.75 Å². The molecule has 0 bridgehead atoms. The summed E-state index contributed by atoms with van der Waals surface area (Å²) in [6.07, 6.45) is 2.71. The van der Waals surface area contributed by atoms with Gasteiger partial charge in [0.1, 0.15) is 31.0 Å². The molecule has 0 unspecified atom stereocenters. The number of carbonyl (C=O) groups is 6. The predicted molar refractivity (Wildman–Crippen MR) is 215 cm³/mol. The van der Waals surface area contributed by atoms with Crippen molar-refractivity contribution in [2.24, 2.45) is 5.92 Å². The van der Waals surface area contributed by atoms with Crippen LogP contribution < -0.4 is 15.4 Å². The van der Waals surface area contributed by atoms with Crippen LogP contribution in [-0.2, 0) is 35.1 Å². The zero-order valence-corrected chi connectivity index (χ0v) is 33.3. The van der Waals surface area contributed by atoms with Gasteiger partial charge in [0, 0.05) is 20.2 Å². The molecule has 1 saturated heterocycles. The summed E-state index contributed by atoms with van der Waals surface area (Å²) in [4.78, 5) is 80.9. The molecule has 4 rings (SSSR count). The van der Waals surface area contributed by atoms with Gasteiger partial charge >= 0.3 is 18.0 Å². The second-order valence-corrected chi connectivity index (χ2v) is 14.7. The van der Waals surface area contributed by atoms with Crippen molar-refractivity contribution in [1.29, 1.82) is 0 Å². The fourth-order valence-corrected chi connectivity index (χ4v) is 6.77. The number of carboxylic acids is 2. The van der Waals surface area contributed by atoms with Crippen molar-refractivity contribution in [1.82, 2.24) is 20.4 Å². The lowest BCUT2D eigenvalue weighted by molar-refractivity contribution is -0.145. The highest BCUT2D eigenvalue weighted by Gasteiger charge is 2.35. The summed E-state index contributed by atoms with van der Waals surface area (Å²) in [6, 6.07) is 16.2. The summed E-state index contributed by atoms with van der Waals surface area (Å²) in [7, 11) is 1.49. The number of benzene rings is 3. The van der Waals surface area contributed by atoms with Gasteiger partial charge in [-0.2, -0.15) is 0 Å². The summed E-state index contributed by atoms with van der Waals surface area (Å²) in [5.74, 6) is -4.59. The molecule has 3 aromatic carbocycles. The molecule has 0 aliphatic carbocycles. The van der Waals surface area contributed by atoms with Crippen molar-refractivity contribution < 1.29 is 53.2 Å². The third-order valence-corrected chi connectivity index (χ3v) is 9.63. The van der Waals surface area contributed by atoms with Crippen molar-refractivity contribution in [3.63, 3.8) is 0 Å². The van der Waals surface area contributed by atoms with E-state index in [1.807, 2.05) is 44.2 Å². The molecule has 312 valence electrons. The number of carboxylic acid groups (broad SMARTS) is 2. The summed E-state index contributed by atoms with van der Waals surface area (Å²) in [5.41, 5.74) is 0.863. The Morgan fingerprint density at radius 1 is 0.966 bits per heavy atom. The van der Waals surface area contributed by atoms with Crippen LogP contribution in [0.15, 0.2) is 79.4 Å².